The average Bonchev–Trinajstić information content (AvgIpc) is 3.09. The quantitative estimate of drug-likeness (QED) is 0.758. The summed E-state index contributed by atoms with van der Waals surface area (Å²) in [5, 5.41) is 9.17. The fourth-order valence-corrected chi connectivity index (χ4v) is 3.50. The van der Waals surface area contributed by atoms with E-state index in [1.54, 1.807) is 24.5 Å². The van der Waals surface area contributed by atoms with Crippen molar-refractivity contribution in [2.45, 2.75) is 0 Å². The van der Waals surface area contributed by atoms with Crippen LogP contribution in [0.4, 0.5) is 10.2 Å². The summed E-state index contributed by atoms with van der Waals surface area (Å²) in [6.07, 6.45) is 5.35. The van der Waals surface area contributed by atoms with Gasteiger partial charge in [-0.05, 0) is 18.2 Å². The molecule has 1 saturated heterocycles. The molecule has 6 nitrogen and oxygen atoms in total. The van der Waals surface area contributed by atoms with Gasteiger partial charge in [0, 0.05) is 50.7 Å². The van der Waals surface area contributed by atoms with Crippen LogP contribution in [0.1, 0.15) is 0 Å². The van der Waals surface area contributed by atoms with Gasteiger partial charge in [-0.15, -0.1) is 0 Å². The van der Waals surface area contributed by atoms with Crippen molar-refractivity contribution in [2.24, 2.45) is 0 Å². The Kier molecular flexibility index (Phi) is 4.76. The summed E-state index contributed by atoms with van der Waals surface area (Å²) in [6, 6.07) is 4.66. The Morgan fingerprint density at radius 1 is 1.15 bits per heavy atom. The molecule has 0 atom stereocenters. The lowest BCUT2D eigenvalue weighted by atomic mass is 10.1. The third-order valence-corrected chi connectivity index (χ3v) is 5.00. The standard InChI is InChI=1S/C18H19ClFN5O/c19-14-11-13(1-2-15(14)20)16-12-22-18-17(21-3-4-25(16)18)24-7-5-23(6-8-24)9-10-26/h1-4,11-12,26H,5-10H2. The third kappa shape index (κ3) is 3.13. The molecule has 0 bridgehead atoms. The highest BCUT2D eigenvalue weighted by Gasteiger charge is 2.21. The lowest BCUT2D eigenvalue weighted by molar-refractivity contribution is 0.188. The number of hydrogen-bond donors (Lipinski definition) is 1. The Morgan fingerprint density at radius 2 is 1.96 bits per heavy atom. The molecule has 1 N–H and O–H groups in total. The fraction of sp³-hybridized carbons (Fsp3) is 0.333. The van der Waals surface area contributed by atoms with E-state index in [-0.39, 0.29) is 11.6 Å². The highest BCUT2D eigenvalue weighted by atomic mass is 35.5. The van der Waals surface area contributed by atoms with Crippen molar-refractivity contribution in [2.75, 3.05) is 44.2 Å². The first-order chi connectivity index (χ1) is 12.7. The zero-order valence-corrected chi connectivity index (χ0v) is 14.9. The summed E-state index contributed by atoms with van der Waals surface area (Å²) in [5.41, 5.74) is 2.40. The summed E-state index contributed by atoms with van der Waals surface area (Å²) >= 11 is 5.93. The maximum Gasteiger partial charge on any atom is 0.180 e. The summed E-state index contributed by atoms with van der Waals surface area (Å²) in [5.74, 6) is 0.392. The normalized spacial score (nSPS) is 15.7. The van der Waals surface area contributed by atoms with E-state index in [0.29, 0.717) is 6.54 Å². The molecule has 0 spiro atoms. The SMILES string of the molecule is OCCN1CCN(c2nccn3c(-c4ccc(F)c(Cl)c4)cnc23)CC1. The van der Waals surface area contributed by atoms with Crippen LogP contribution in [0.5, 0.6) is 0 Å². The number of nitrogens with zero attached hydrogens (tertiary/aromatic N) is 5. The van der Waals surface area contributed by atoms with E-state index in [1.165, 1.54) is 6.07 Å². The van der Waals surface area contributed by atoms with Crippen molar-refractivity contribution < 1.29 is 9.50 Å². The molecule has 0 aliphatic carbocycles. The lowest BCUT2D eigenvalue weighted by Gasteiger charge is -2.35. The van der Waals surface area contributed by atoms with Crippen molar-refractivity contribution in [1.29, 1.82) is 0 Å². The molecule has 1 aliphatic heterocycles. The maximum atomic E-state index is 13.5. The number of piperazine rings is 1. The van der Waals surface area contributed by atoms with E-state index >= 15 is 0 Å². The van der Waals surface area contributed by atoms with Crippen molar-refractivity contribution in [3.8, 4) is 11.3 Å². The molecular weight excluding hydrogens is 357 g/mol. The van der Waals surface area contributed by atoms with Crippen LogP contribution in [0.15, 0.2) is 36.8 Å². The molecule has 3 aromatic rings. The Morgan fingerprint density at radius 3 is 2.69 bits per heavy atom. The van der Waals surface area contributed by atoms with Crippen LogP contribution in [0.2, 0.25) is 5.02 Å². The van der Waals surface area contributed by atoms with E-state index in [4.69, 9.17) is 16.7 Å². The molecule has 3 heterocycles. The first kappa shape index (κ1) is 17.2. The monoisotopic (exact) mass is 375 g/mol. The number of fused-ring (bicyclic) bond motifs is 1. The van der Waals surface area contributed by atoms with Crippen LogP contribution in [0, 0.1) is 5.82 Å². The Hall–Kier alpha value is -2.22. The van der Waals surface area contributed by atoms with Crippen LogP contribution in [-0.4, -0.2) is 63.7 Å². The number of rotatable bonds is 4. The second-order valence-electron chi connectivity index (χ2n) is 6.27. The molecule has 2 aromatic heterocycles. The van der Waals surface area contributed by atoms with Gasteiger partial charge in [-0.2, -0.15) is 0 Å². The molecule has 0 saturated carbocycles. The van der Waals surface area contributed by atoms with E-state index in [9.17, 15) is 4.39 Å². The van der Waals surface area contributed by atoms with E-state index in [1.807, 2.05) is 10.6 Å². The molecule has 1 fully saturated rings. The Labute approximate surface area is 155 Å². The lowest BCUT2D eigenvalue weighted by Crippen LogP contribution is -2.47. The molecule has 4 rings (SSSR count). The van der Waals surface area contributed by atoms with Gasteiger partial charge in [-0.25, -0.2) is 14.4 Å². The predicted octanol–water partition coefficient (Wildman–Crippen LogP) is 2.30. The Balaban J connectivity index is 1.66. The molecule has 1 aromatic carbocycles. The van der Waals surface area contributed by atoms with Gasteiger partial charge in [0.2, 0.25) is 0 Å². The summed E-state index contributed by atoms with van der Waals surface area (Å²) in [4.78, 5) is 13.5. The summed E-state index contributed by atoms with van der Waals surface area (Å²) in [6.45, 7) is 4.30. The smallest absolute Gasteiger partial charge is 0.180 e. The number of benzene rings is 1. The molecule has 0 unspecified atom stereocenters. The van der Waals surface area contributed by atoms with Crippen LogP contribution in [0.3, 0.4) is 0 Å². The number of imidazole rings is 1. The first-order valence-corrected chi connectivity index (χ1v) is 8.91. The third-order valence-electron chi connectivity index (χ3n) is 4.71. The van der Waals surface area contributed by atoms with Crippen molar-refractivity contribution in [3.05, 3.63) is 47.6 Å². The van der Waals surface area contributed by atoms with Crippen LogP contribution in [-0.2, 0) is 0 Å². The number of β-amino-alcohol motifs (C(OH)–C–C–N with tert-alkyl or cyclic N) is 1. The van der Waals surface area contributed by atoms with Gasteiger partial charge in [-0.3, -0.25) is 9.30 Å². The highest BCUT2D eigenvalue weighted by Crippen LogP contribution is 2.28. The topological polar surface area (TPSA) is 56.9 Å². The largest absolute Gasteiger partial charge is 0.395 e. The molecule has 136 valence electrons. The van der Waals surface area contributed by atoms with Gasteiger partial charge in [-0.1, -0.05) is 11.6 Å². The van der Waals surface area contributed by atoms with Gasteiger partial charge in [0.15, 0.2) is 11.5 Å². The number of aliphatic hydroxyl groups is 1. The van der Waals surface area contributed by atoms with Gasteiger partial charge in [0.1, 0.15) is 5.82 Å². The minimum Gasteiger partial charge on any atom is -0.395 e. The van der Waals surface area contributed by atoms with Gasteiger partial charge in [0.05, 0.1) is 23.5 Å². The predicted molar refractivity (Wildman–Crippen MR) is 99.1 cm³/mol. The van der Waals surface area contributed by atoms with E-state index < -0.39 is 5.82 Å². The number of aromatic nitrogens is 3. The zero-order valence-electron chi connectivity index (χ0n) is 14.1. The summed E-state index contributed by atoms with van der Waals surface area (Å²) in [7, 11) is 0. The van der Waals surface area contributed by atoms with E-state index in [2.05, 4.69) is 19.8 Å². The van der Waals surface area contributed by atoms with E-state index in [0.717, 1.165) is 48.9 Å². The minimum atomic E-state index is -0.438. The summed E-state index contributed by atoms with van der Waals surface area (Å²) < 4.78 is 15.4. The van der Waals surface area contributed by atoms with Crippen LogP contribution in [0.25, 0.3) is 16.9 Å². The zero-order chi connectivity index (χ0) is 18.1. The van der Waals surface area contributed by atoms with Crippen LogP contribution >= 0.6 is 11.6 Å². The van der Waals surface area contributed by atoms with Gasteiger partial charge in [0.25, 0.3) is 0 Å². The molecule has 8 heteroatoms. The molecule has 0 radical (unpaired) electrons. The van der Waals surface area contributed by atoms with Gasteiger partial charge >= 0.3 is 0 Å². The number of aliphatic hydroxyl groups excluding tert-OH is 1. The second kappa shape index (κ2) is 7.19. The molecule has 1 aliphatic rings. The molecular formula is C18H19ClFN5O. The maximum absolute atomic E-state index is 13.5. The number of anilines is 1. The number of halogens is 2. The van der Waals surface area contributed by atoms with Crippen molar-refractivity contribution >= 4 is 23.1 Å². The highest BCUT2D eigenvalue weighted by molar-refractivity contribution is 6.31. The fourth-order valence-electron chi connectivity index (χ4n) is 3.32. The van der Waals surface area contributed by atoms with Gasteiger partial charge < -0.3 is 10.0 Å². The average molecular weight is 376 g/mol. The second-order valence-corrected chi connectivity index (χ2v) is 6.68. The Bertz CT molecular complexity index is 923. The van der Waals surface area contributed by atoms with Crippen molar-refractivity contribution in [1.82, 2.24) is 19.3 Å². The minimum absolute atomic E-state index is 0.0896. The molecule has 26 heavy (non-hydrogen) atoms. The number of hydrogen-bond acceptors (Lipinski definition) is 5. The van der Waals surface area contributed by atoms with Crippen LogP contribution < -0.4 is 4.90 Å². The molecule has 0 amide bonds. The first-order valence-electron chi connectivity index (χ1n) is 8.53. The van der Waals surface area contributed by atoms with Crippen molar-refractivity contribution in [3.63, 3.8) is 0 Å².